The van der Waals surface area contributed by atoms with Crippen LogP contribution in [0.4, 0.5) is 4.79 Å². The number of rotatable bonds is 4. The van der Waals surface area contributed by atoms with E-state index in [4.69, 9.17) is 4.74 Å². The molecule has 1 aromatic rings. The zero-order chi connectivity index (χ0) is 15.6. The topological polar surface area (TPSA) is 58.6 Å². The molecule has 112 valence electrons. The van der Waals surface area contributed by atoms with Crippen LogP contribution in [0.15, 0.2) is 39.8 Å². The lowest BCUT2D eigenvalue weighted by atomic mass is 10.0. The van der Waals surface area contributed by atoms with E-state index in [9.17, 15) is 9.59 Å². The normalized spacial score (nSPS) is 18.5. The maximum absolute atomic E-state index is 12.2. The first-order valence-corrected chi connectivity index (χ1v) is 7.88. The third-order valence-corrected chi connectivity index (χ3v) is 4.94. The predicted molar refractivity (Wildman–Crippen MR) is 84.9 cm³/mol. The van der Waals surface area contributed by atoms with Gasteiger partial charge >= 0.3 is 12.0 Å². The van der Waals surface area contributed by atoms with Crippen LogP contribution in [0.25, 0.3) is 0 Å². The van der Waals surface area contributed by atoms with Gasteiger partial charge < -0.3 is 10.1 Å². The van der Waals surface area contributed by atoms with Crippen LogP contribution in [-0.4, -0.2) is 30.6 Å². The standard InChI is InChI=1S/C14H15BrN2O3S/c1-4-5-17-8(2)11(13(18)20-3)12(16-14(17)19)10-6-9(15)7-21-10/h4,6-7,12H,1,5H2,2-3H3,(H,16,19)/t12-/m1/s1. The van der Waals surface area contributed by atoms with Gasteiger partial charge in [-0.25, -0.2) is 9.59 Å². The number of urea groups is 1. The van der Waals surface area contributed by atoms with E-state index in [0.29, 0.717) is 17.8 Å². The van der Waals surface area contributed by atoms with Gasteiger partial charge in [0.25, 0.3) is 0 Å². The molecule has 0 aliphatic carbocycles. The Morgan fingerprint density at radius 3 is 2.90 bits per heavy atom. The van der Waals surface area contributed by atoms with Gasteiger partial charge in [-0.05, 0) is 28.9 Å². The maximum atomic E-state index is 12.2. The molecule has 2 amide bonds. The van der Waals surface area contributed by atoms with Crippen molar-refractivity contribution in [3.8, 4) is 0 Å². The molecule has 0 saturated carbocycles. The highest BCUT2D eigenvalue weighted by Gasteiger charge is 2.36. The first-order chi connectivity index (χ1) is 9.99. The molecule has 0 unspecified atom stereocenters. The molecule has 1 aliphatic heterocycles. The fourth-order valence-corrected chi connectivity index (χ4v) is 3.70. The quantitative estimate of drug-likeness (QED) is 0.653. The minimum absolute atomic E-state index is 0.255. The molecule has 21 heavy (non-hydrogen) atoms. The van der Waals surface area contributed by atoms with E-state index in [2.05, 4.69) is 27.8 Å². The van der Waals surface area contributed by atoms with E-state index in [-0.39, 0.29) is 6.03 Å². The number of ether oxygens (including phenoxy) is 1. The van der Waals surface area contributed by atoms with Gasteiger partial charge in [0.15, 0.2) is 0 Å². The lowest BCUT2D eigenvalue weighted by Crippen LogP contribution is -2.47. The zero-order valence-electron chi connectivity index (χ0n) is 11.7. The highest BCUT2D eigenvalue weighted by Crippen LogP contribution is 2.35. The Kier molecular flexibility index (Phi) is 4.84. The van der Waals surface area contributed by atoms with E-state index in [1.54, 1.807) is 13.0 Å². The predicted octanol–water partition coefficient (Wildman–Crippen LogP) is 3.21. The van der Waals surface area contributed by atoms with Gasteiger partial charge in [0, 0.05) is 27.0 Å². The van der Waals surface area contributed by atoms with Gasteiger partial charge in [-0.15, -0.1) is 17.9 Å². The van der Waals surface area contributed by atoms with Gasteiger partial charge in [-0.2, -0.15) is 0 Å². The van der Waals surface area contributed by atoms with Crippen molar-refractivity contribution in [2.75, 3.05) is 13.7 Å². The van der Waals surface area contributed by atoms with Crippen LogP contribution in [0.2, 0.25) is 0 Å². The van der Waals surface area contributed by atoms with Crippen LogP contribution in [0.1, 0.15) is 17.8 Å². The number of nitrogens with zero attached hydrogens (tertiary/aromatic N) is 1. The van der Waals surface area contributed by atoms with Crippen molar-refractivity contribution < 1.29 is 14.3 Å². The number of carbonyl (C=O) groups excluding carboxylic acids is 2. The summed E-state index contributed by atoms with van der Waals surface area (Å²) >= 11 is 4.85. The fourth-order valence-electron chi connectivity index (χ4n) is 2.20. The molecular formula is C14H15BrN2O3S. The zero-order valence-corrected chi connectivity index (χ0v) is 14.1. The number of allylic oxidation sites excluding steroid dienone is 1. The van der Waals surface area contributed by atoms with Crippen LogP contribution in [0.3, 0.4) is 0 Å². The van der Waals surface area contributed by atoms with Gasteiger partial charge in [0.05, 0.1) is 18.7 Å². The van der Waals surface area contributed by atoms with Crippen LogP contribution < -0.4 is 5.32 Å². The number of methoxy groups -OCH3 is 1. The Hall–Kier alpha value is -1.60. The smallest absolute Gasteiger partial charge is 0.338 e. The molecule has 1 aromatic heterocycles. The molecule has 7 heteroatoms. The van der Waals surface area contributed by atoms with Gasteiger partial charge in [-0.3, -0.25) is 4.90 Å². The Morgan fingerprint density at radius 2 is 2.38 bits per heavy atom. The lowest BCUT2D eigenvalue weighted by molar-refractivity contribution is -0.136. The monoisotopic (exact) mass is 370 g/mol. The highest BCUT2D eigenvalue weighted by molar-refractivity contribution is 9.10. The first kappa shape index (κ1) is 15.8. The number of thiophene rings is 1. The van der Waals surface area contributed by atoms with Crippen molar-refractivity contribution in [1.82, 2.24) is 10.2 Å². The van der Waals surface area contributed by atoms with E-state index >= 15 is 0 Å². The summed E-state index contributed by atoms with van der Waals surface area (Å²) in [6.45, 7) is 5.70. The van der Waals surface area contributed by atoms with Crippen molar-refractivity contribution in [1.29, 1.82) is 0 Å². The number of amides is 2. The molecule has 0 aromatic carbocycles. The van der Waals surface area contributed by atoms with Crippen LogP contribution in [-0.2, 0) is 9.53 Å². The number of carbonyl (C=O) groups is 2. The van der Waals surface area contributed by atoms with E-state index in [0.717, 1.165) is 9.35 Å². The third kappa shape index (κ3) is 3.03. The van der Waals surface area contributed by atoms with Crippen molar-refractivity contribution >= 4 is 39.3 Å². The largest absolute Gasteiger partial charge is 0.466 e. The van der Waals surface area contributed by atoms with Gasteiger partial charge in [0.1, 0.15) is 0 Å². The summed E-state index contributed by atoms with van der Waals surface area (Å²) < 4.78 is 5.78. The third-order valence-electron chi connectivity index (χ3n) is 3.19. The SMILES string of the molecule is C=CCN1C(=O)N[C@H](c2cc(Br)cs2)C(C(=O)OC)=C1C. The lowest BCUT2D eigenvalue weighted by Gasteiger charge is -2.34. The Labute approximate surface area is 135 Å². The second kappa shape index (κ2) is 6.44. The van der Waals surface area contributed by atoms with Crippen molar-refractivity contribution in [3.63, 3.8) is 0 Å². The van der Waals surface area contributed by atoms with Crippen LogP contribution in [0.5, 0.6) is 0 Å². The Balaban J connectivity index is 2.51. The summed E-state index contributed by atoms with van der Waals surface area (Å²) in [5.74, 6) is -0.448. The highest BCUT2D eigenvalue weighted by atomic mass is 79.9. The first-order valence-electron chi connectivity index (χ1n) is 6.21. The Morgan fingerprint density at radius 1 is 1.67 bits per heavy atom. The molecule has 0 radical (unpaired) electrons. The summed E-state index contributed by atoms with van der Waals surface area (Å²) in [6, 6.07) is 1.13. The van der Waals surface area contributed by atoms with Crippen molar-refractivity contribution in [2.24, 2.45) is 0 Å². The van der Waals surface area contributed by atoms with E-state index in [1.807, 2.05) is 11.4 Å². The maximum Gasteiger partial charge on any atom is 0.338 e. The molecule has 0 fully saturated rings. The van der Waals surface area contributed by atoms with Crippen molar-refractivity contribution in [3.05, 3.63) is 44.7 Å². The molecule has 0 saturated heterocycles. The molecular weight excluding hydrogens is 356 g/mol. The van der Waals surface area contributed by atoms with Crippen LogP contribution in [0, 0.1) is 0 Å². The molecule has 5 nitrogen and oxygen atoms in total. The molecule has 2 rings (SSSR count). The minimum atomic E-state index is -0.498. The summed E-state index contributed by atoms with van der Waals surface area (Å²) in [5.41, 5.74) is 1.02. The molecule has 2 heterocycles. The molecule has 1 N–H and O–H groups in total. The average molecular weight is 371 g/mol. The van der Waals surface area contributed by atoms with Crippen LogP contribution >= 0.6 is 27.3 Å². The second-order valence-corrected chi connectivity index (χ2v) is 6.30. The summed E-state index contributed by atoms with van der Waals surface area (Å²) in [4.78, 5) is 26.7. The summed E-state index contributed by atoms with van der Waals surface area (Å²) in [5, 5.41) is 4.75. The number of halogens is 1. The summed E-state index contributed by atoms with van der Waals surface area (Å²) in [7, 11) is 1.33. The number of esters is 1. The van der Waals surface area contributed by atoms with Crippen molar-refractivity contribution in [2.45, 2.75) is 13.0 Å². The van der Waals surface area contributed by atoms with E-state index in [1.165, 1.54) is 23.3 Å². The van der Waals surface area contributed by atoms with Gasteiger partial charge in [0.2, 0.25) is 0 Å². The summed E-state index contributed by atoms with van der Waals surface area (Å²) in [6.07, 6.45) is 1.61. The number of hydrogen-bond donors (Lipinski definition) is 1. The van der Waals surface area contributed by atoms with Gasteiger partial charge in [-0.1, -0.05) is 6.08 Å². The molecule has 1 atom stereocenters. The fraction of sp³-hybridized carbons (Fsp3) is 0.286. The average Bonchev–Trinajstić information content (AvgIpc) is 2.88. The molecule has 0 spiro atoms. The number of hydrogen-bond acceptors (Lipinski definition) is 4. The number of nitrogens with one attached hydrogen (secondary N) is 1. The second-order valence-electron chi connectivity index (χ2n) is 4.44. The minimum Gasteiger partial charge on any atom is -0.466 e. The van der Waals surface area contributed by atoms with E-state index < -0.39 is 12.0 Å². The Bertz CT molecular complexity index is 623. The molecule has 1 aliphatic rings. The molecule has 0 bridgehead atoms.